The number of hydrogen-bond acceptors (Lipinski definition) is 13. The molecule has 62 heavy (non-hydrogen) atoms. The molecule has 1 amide bonds. The maximum atomic E-state index is 11.7. The van der Waals surface area contributed by atoms with Crippen molar-refractivity contribution in [1.29, 1.82) is 0 Å². The summed E-state index contributed by atoms with van der Waals surface area (Å²) < 4.78 is 12.0. The molecule has 1 N–H and O–H groups in total. The van der Waals surface area contributed by atoms with Gasteiger partial charge in [-0.15, -0.1) is 22.7 Å². The number of fused-ring (bicyclic) bond motifs is 2. The van der Waals surface area contributed by atoms with E-state index in [4.69, 9.17) is 19.4 Å². The average molecular weight is 874 g/mol. The van der Waals surface area contributed by atoms with Crippen LogP contribution in [0.3, 0.4) is 0 Å². The Morgan fingerprint density at radius 1 is 0.613 bits per heavy atom. The molecule has 0 saturated carbocycles. The summed E-state index contributed by atoms with van der Waals surface area (Å²) in [6.07, 6.45) is 9.60. The number of benzene rings is 2. The van der Waals surface area contributed by atoms with E-state index in [-0.39, 0.29) is 5.91 Å². The van der Waals surface area contributed by atoms with Gasteiger partial charge in [-0.2, -0.15) is 0 Å². The van der Waals surface area contributed by atoms with E-state index >= 15 is 0 Å². The number of hydrogen-bond donors (Lipinski definition) is 1. The Labute approximate surface area is 373 Å². The van der Waals surface area contributed by atoms with Crippen LogP contribution in [0, 0.1) is 11.8 Å². The highest BCUT2D eigenvalue weighted by atomic mass is 32.1. The van der Waals surface area contributed by atoms with Crippen molar-refractivity contribution in [3.05, 3.63) is 84.1 Å². The van der Waals surface area contributed by atoms with Crippen LogP contribution in [0.5, 0.6) is 0 Å². The summed E-state index contributed by atoms with van der Waals surface area (Å²) >= 11 is 3.39. The molecule has 4 aliphatic rings. The van der Waals surface area contributed by atoms with E-state index in [0.29, 0.717) is 24.9 Å². The quantitative estimate of drug-likeness (QED) is 0.109. The van der Waals surface area contributed by atoms with Gasteiger partial charge in [0.15, 0.2) is 0 Å². The highest BCUT2D eigenvalue weighted by molar-refractivity contribution is 7.17. The fourth-order valence-corrected chi connectivity index (χ4v) is 11.0. The van der Waals surface area contributed by atoms with Crippen LogP contribution < -0.4 is 15.1 Å². The molecule has 0 unspecified atom stereocenters. The van der Waals surface area contributed by atoms with Crippen LogP contribution >= 0.6 is 22.7 Å². The third-order valence-corrected chi connectivity index (χ3v) is 14.6. The van der Waals surface area contributed by atoms with E-state index in [1.807, 2.05) is 11.0 Å². The van der Waals surface area contributed by atoms with Crippen LogP contribution in [-0.2, 0) is 14.3 Å². The van der Waals surface area contributed by atoms with Crippen molar-refractivity contribution in [2.24, 2.45) is 11.8 Å². The van der Waals surface area contributed by atoms with Crippen LogP contribution in [0.25, 0.3) is 42.7 Å². The van der Waals surface area contributed by atoms with Gasteiger partial charge in [0.25, 0.3) is 0 Å². The van der Waals surface area contributed by atoms with Crippen molar-refractivity contribution < 1.29 is 14.3 Å². The van der Waals surface area contributed by atoms with E-state index in [1.165, 1.54) is 33.0 Å². The van der Waals surface area contributed by atoms with Crippen LogP contribution in [0.2, 0.25) is 0 Å². The molecule has 4 aliphatic heterocycles. The Bertz CT molecular complexity index is 2320. The van der Waals surface area contributed by atoms with Crippen molar-refractivity contribution >= 4 is 60.6 Å². The van der Waals surface area contributed by atoms with E-state index in [2.05, 4.69) is 95.3 Å². The van der Waals surface area contributed by atoms with Gasteiger partial charge >= 0.3 is 0 Å². The van der Waals surface area contributed by atoms with E-state index in [1.54, 1.807) is 35.3 Å². The minimum atomic E-state index is 0.274. The lowest BCUT2D eigenvalue weighted by Gasteiger charge is -2.33. The third-order valence-electron chi connectivity index (χ3n) is 12.8. The molecular formula is C48H59N9O3S2. The molecule has 10 rings (SSSR count). The zero-order valence-corrected chi connectivity index (χ0v) is 37.3. The number of likely N-dealkylation sites (tertiary alicyclic amines) is 1. The number of rotatable bonds is 14. The highest BCUT2D eigenvalue weighted by Gasteiger charge is 2.26. The van der Waals surface area contributed by atoms with E-state index in [0.717, 1.165) is 145 Å². The molecule has 326 valence electrons. The van der Waals surface area contributed by atoms with Gasteiger partial charge in [-0.05, 0) is 55.1 Å². The normalized spacial score (nSPS) is 18.2. The number of carbonyl (C=O) groups excluding carboxylic acids is 1. The Morgan fingerprint density at radius 3 is 1.60 bits per heavy atom. The van der Waals surface area contributed by atoms with Crippen molar-refractivity contribution in [2.45, 2.75) is 38.5 Å². The SMILES string of the molecule is O=C1CCCN1CCOCC1CCN(c2ncnc3scc(-c4ccccc4)c23)CC1.c1ccc(-c2csc3ncnc(N4CCC(COCCN5CCNCC5)CC4)c23)cc1. The average Bonchev–Trinajstić information content (AvgIpc) is 4.09. The molecular weight excluding hydrogens is 815 g/mol. The van der Waals surface area contributed by atoms with Crippen LogP contribution in [0.15, 0.2) is 84.1 Å². The first kappa shape index (κ1) is 42.7. The number of piperidine rings is 2. The maximum Gasteiger partial charge on any atom is 0.222 e. The lowest BCUT2D eigenvalue weighted by molar-refractivity contribution is -0.128. The Kier molecular flexibility index (Phi) is 14.6. The summed E-state index contributed by atoms with van der Waals surface area (Å²) in [6.45, 7) is 14.3. The molecule has 0 aliphatic carbocycles. The van der Waals surface area contributed by atoms with Gasteiger partial charge in [0.1, 0.15) is 34.0 Å². The predicted octanol–water partition coefficient (Wildman–Crippen LogP) is 7.71. The first-order valence-electron chi connectivity index (χ1n) is 22.6. The topological polar surface area (TPSA) is 112 Å². The fraction of sp³-hybridized carbons (Fsp3) is 0.479. The second-order valence-electron chi connectivity index (χ2n) is 16.9. The monoisotopic (exact) mass is 873 g/mol. The van der Waals surface area contributed by atoms with Crippen molar-refractivity contribution in [1.82, 2.24) is 35.1 Å². The summed E-state index contributed by atoms with van der Waals surface area (Å²) in [5.74, 6) is 3.63. The number of anilines is 2. The molecule has 0 radical (unpaired) electrons. The Morgan fingerprint density at radius 2 is 1.11 bits per heavy atom. The van der Waals surface area contributed by atoms with Crippen LogP contribution in [0.1, 0.15) is 38.5 Å². The molecule has 0 spiro atoms. The van der Waals surface area contributed by atoms with Gasteiger partial charge in [0.05, 0.1) is 24.0 Å². The zero-order chi connectivity index (χ0) is 41.9. The number of nitrogens with one attached hydrogen (secondary N) is 1. The standard InChI is InChI=1S/C24H31N5OS.C24H28N4O2S/c1-2-4-20(5-3-1)21-17-31-24-22(21)23(26-18-27-24)29-10-6-19(7-11-29)16-30-15-14-28-12-8-25-9-13-28;29-21-7-4-10-27(21)13-14-30-15-18-8-11-28(12-9-18)23-22-20(19-5-2-1-3-6-19)16-31-24(22)26-17-25-23/h1-5,17-19,25H,6-16H2;1-3,5-6,16-18H,4,7-15H2. The van der Waals surface area contributed by atoms with E-state index < -0.39 is 0 Å². The van der Waals surface area contributed by atoms with Gasteiger partial charge in [-0.3, -0.25) is 9.69 Å². The van der Waals surface area contributed by atoms with Gasteiger partial charge in [-0.25, -0.2) is 19.9 Å². The first-order chi connectivity index (χ1) is 30.7. The molecule has 0 atom stereocenters. The van der Waals surface area contributed by atoms with Gasteiger partial charge in [0.2, 0.25) is 5.91 Å². The number of nitrogens with zero attached hydrogens (tertiary/aromatic N) is 8. The fourth-order valence-electron chi connectivity index (χ4n) is 9.23. The first-order valence-corrected chi connectivity index (χ1v) is 24.4. The highest BCUT2D eigenvalue weighted by Crippen LogP contribution is 2.40. The lowest BCUT2D eigenvalue weighted by atomic mass is 9.97. The molecule has 6 aromatic rings. The summed E-state index contributed by atoms with van der Waals surface area (Å²) in [7, 11) is 0. The van der Waals surface area contributed by atoms with Gasteiger partial charge < -0.3 is 29.5 Å². The van der Waals surface area contributed by atoms with Gasteiger partial charge in [-0.1, -0.05) is 60.7 Å². The number of ether oxygens (including phenoxy) is 2. The molecule has 8 heterocycles. The summed E-state index contributed by atoms with van der Waals surface area (Å²) in [5, 5.41) is 10.2. The number of carbonyl (C=O) groups is 1. The summed E-state index contributed by atoms with van der Waals surface area (Å²) in [6, 6.07) is 21.1. The predicted molar refractivity (Wildman–Crippen MR) is 252 cm³/mol. The molecule has 2 aromatic carbocycles. The minimum Gasteiger partial charge on any atom is -0.380 e. The molecule has 4 aromatic heterocycles. The number of thiophene rings is 2. The molecule has 4 saturated heterocycles. The molecule has 14 heteroatoms. The summed E-state index contributed by atoms with van der Waals surface area (Å²) in [4.78, 5) is 41.5. The lowest BCUT2D eigenvalue weighted by Crippen LogP contribution is -2.44. The number of amides is 1. The minimum absolute atomic E-state index is 0.274. The second-order valence-corrected chi connectivity index (χ2v) is 18.6. The van der Waals surface area contributed by atoms with Gasteiger partial charge in [0, 0.05) is 114 Å². The van der Waals surface area contributed by atoms with Crippen molar-refractivity contribution in [3.63, 3.8) is 0 Å². The molecule has 12 nitrogen and oxygen atoms in total. The Balaban J connectivity index is 0.000000158. The van der Waals surface area contributed by atoms with Crippen LogP contribution in [0.4, 0.5) is 11.6 Å². The molecule has 4 fully saturated rings. The van der Waals surface area contributed by atoms with Crippen molar-refractivity contribution in [2.75, 3.05) is 108 Å². The maximum absolute atomic E-state index is 11.7. The largest absolute Gasteiger partial charge is 0.380 e. The number of aromatic nitrogens is 4. The van der Waals surface area contributed by atoms with Crippen molar-refractivity contribution in [3.8, 4) is 22.3 Å². The summed E-state index contributed by atoms with van der Waals surface area (Å²) in [5.41, 5.74) is 4.91. The van der Waals surface area contributed by atoms with Crippen LogP contribution in [-0.4, -0.2) is 134 Å². The third kappa shape index (κ3) is 10.4. The van der Waals surface area contributed by atoms with E-state index in [9.17, 15) is 4.79 Å². The number of piperazine rings is 1. The molecule has 0 bridgehead atoms. The second kappa shape index (κ2) is 21.2. The Hall–Kier alpha value is -4.57. The smallest absolute Gasteiger partial charge is 0.222 e. The zero-order valence-electron chi connectivity index (χ0n) is 35.7.